The normalized spacial score (nSPS) is 21.4. The fraction of sp³-hybridized carbons (Fsp3) is 0.556. The molecule has 9 nitrogen and oxygen atoms in total. The van der Waals surface area contributed by atoms with Gasteiger partial charge in [-0.15, -0.1) is 6.58 Å². The minimum atomic E-state index is -0.852. The van der Waals surface area contributed by atoms with E-state index in [1.807, 2.05) is 44.2 Å². The molecule has 0 aliphatic carbocycles. The monoisotopic (exact) mass is 622 g/mol. The van der Waals surface area contributed by atoms with E-state index >= 15 is 0 Å². The summed E-state index contributed by atoms with van der Waals surface area (Å²) in [5.74, 6) is 1.28. The Kier molecular flexibility index (Phi) is 12.9. The number of rotatable bonds is 9. The predicted molar refractivity (Wildman–Crippen MR) is 174 cm³/mol. The first-order valence-corrected chi connectivity index (χ1v) is 16.1. The van der Waals surface area contributed by atoms with E-state index in [4.69, 9.17) is 23.7 Å². The van der Waals surface area contributed by atoms with Crippen molar-refractivity contribution in [2.45, 2.75) is 70.9 Å². The van der Waals surface area contributed by atoms with Gasteiger partial charge in [-0.1, -0.05) is 38.1 Å². The fourth-order valence-corrected chi connectivity index (χ4v) is 6.15. The number of carbonyl (C=O) groups is 2. The smallest absolute Gasteiger partial charge is 0.290 e. The van der Waals surface area contributed by atoms with Gasteiger partial charge >= 0.3 is 0 Å². The molecule has 2 aliphatic rings. The average molecular weight is 623 g/mol. The number of hydrogen-bond acceptors (Lipinski definition) is 8. The first-order valence-electron chi connectivity index (χ1n) is 16.1. The Labute approximate surface area is 268 Å². The summed E-state index contributed by atoms with van der Waals surface area (Å²) < 4.78 is 29.9. The van der Waals surface area contributed by atoms with E-state index in [9.17, 15) is 9.59 Å². The standard InChI is InChI=1S/C36H50N2O7/c1-6-19-37-20-22-44-29-12-9-10-27(23-29)31-15-13-26-14-16-32(41-4)33(42-5)30(26)17-18-36(2,3)34(39)35(40)38-21-8-7-11-28(38)24-43-25-45-31/h6,9-10,12,14,16,23,28,31,37H,1,7-8,11,13,15,17-22,24-25H2,2-5H3. The van der Waals surface area contributed by atoms with Crippen molar-refractivity contribution in [3.8, 4) is 17.2 Å². The Bertz CT molecular complexity index is 1290. The number of nitrogens with one attached hydrogen (secondary N) is 1. The molecule has 2 unspecified atom stereocenters. The molecular weight excluding hydrogens is 572 g/mol. The molecule has 0 radical (unpaired) electrons. The average Bonchev–Trinajstić information content (AvgIpc) is 3.06. The van der Waals surface area contributed by atoms with E-state index in [1.54, 1.807) is 19.1 Å². The maximum Gasteiger partial charge on any atom is 0.290 e. The van der Waals surface area contributed by atoms with Gasteiger partial charge in [-0.05, 0) is 74.3 Å². The maximum atomic E-state index is 13.6. The molecule has 1 N–H and O–H groups in total. The summed E-state index contributed by atoms with van der Waals surface area (Å²) in [6.45, 7) is 10.4. The van der Waals surface area contributed by atoms with Gasteiger partial charge in [0.2, 0.25) is 5.78 Å². The minimum Gasteiger partial charge on any atom is -0.493 e. The zero-order valence-corrected chi connectivity index (χ0v) is 27.4. The lowest BCUT2D eigenvalue weighted by Crippen LogP contribution is -2.51. The number of nitrogens with zero attached hydrogens (tertiary/aromatic N) is 1. The molecule has 0 saturated carbocycles. The van der Waals surface area contributed by atoms with Crippen LogP contribution in [0.1, 0.15) is 68.7 Å². The van der Waals surface area contributed by atoms with Crippen LogP contribution in [-0.2, 0) is 31.9 Å². The molecule has 4 rings (SSSR count). The largest absolute Gasteiger partial charge is 0.493 e. The molecule has 246 valence electrons. The Morgan fingerprint density at radius 2 is 1.93 bits per heavy atom. The van der Waals surface area contributed by atoms with Crippen LogP contribution in [0.3, 0.4) is 0 Å². The quantitative estimate of drug-likeness (QED) is 0.224. The fourth-order valence-electron chi connectivity index (χ4n) is 6.15. The second-order valence-electron chi connectivity index (χ2n) is 12.4. The highest BCUT2D eigenvalue weighted by Gasteiger charge is 2.39. The highest BCUT2D eigenvalue weighted by Crippen LogP contribution is 2.38. The molecule has 2 aromatic rings. The van der Waals surface area contributed by atoms with E-state index in [0.29, 0.717) is 56.9 Å². The minimum absolute atomic E-state index is 0.0674. The molecule has 1 amide bonds. The van der Waals surface area contributed by atoms with E-state index in [2.05, 4.69) is 24.0 Å². The lowest BCUT2D eigenvalue weighted by atomic mass is 9.80. The highest BCUT2D eigenvalue weighted by atomic mass is 16.7. The van der Waals surface area contributed by atoms with Gasteiger partial charge in [0, 0.05) is 30.6 Å². The van der Waals surface area contributed by atoms with Crippen molar-refractivity contribution in [3.05, 3.63) is 65.7 Å². The summed E-state index contributed by atoms with van der Waals surface area (Å²) in [5.41, 5.74) is 2.21. The molecule has 0 spiro atoms. The van der Waals surface area contributed by atoms with Crippen molar-refractivity contribution in [2.75, 3.05) is 53.9 Å². The van der Waals surface area contributed by atoms with Gasteiger partial charge in [-0.2, -0.15) is 0 Å². The van der Waals surface area contributed by atoms with E-state index in [1.165, 1.54) is 0 Å². The molecule has 0 bridgehead atoms. The Balaban J connectivity index is 1.64. The molecule has 2 heterocycles. The van der Waals surface area contributed by atoms with Crippen LogP contribution < -0.4 is 19.5 Å². The molecule has 45 heavy (non-hydrogen) atoms. The van der Waals surface area contributed by atoms with Crippen molar-refractivity contribution < 1.29 is 33.3 Å². The second-order valence-corrected chi connectivity index (χ2v) is 12.4. The summed E-state index contributed by atoms with van der Waals surface area (Å²) in [7, 11) is 3.25. The number of benzene rings is 2. The summed E-state index contributed by atoms with van der Waals surface area (Å²) in [6.07, 6.45) is 6.66. The van der Waals surface area contributed by atoms with Crippen LogP contribution in [0, 0.1) is 5.41 Å². The van der Waals surface area contributed by atoms with Gasteiger partial charge in [0.25, 0.3) is 5.91 Å². The molecular formula is C36H50N2O7. The number of fused-ring (bicyclic) bond motifs is 2. The first-order chi connectivity index (χ1) is 21.8. The zero-order chi connectivity index (χ0) is 32.2. The van der Waals surface area contributed by atoms with Gasteiger partial charge in [-0.3, -0.25) is 9.59 Å². The zero-order valence-electron chi connectivity index (χ0n) is 27.4. The Morgan fingerprint density at radius 3 is 2.71 bits per heavy atom. The number of methoxy groups -OCH3 is 2. The number of Topliss-reactive ketones (excluding diaryl/α,β-unsaturated/α-hetero) is 1. The maximum absolute atomic E-state index is 13.6. The van der Waals surface area contributed by atoms with Gasteiger partial charge in [0.1, 0.15) is 19.1 Å². The summed E-state index contributed by atoms with van der Waals surface area (Å²) in [5, 5.41) is 3.25. The molecule has 1 fully saturated rings. The molecule has 0 aromatic heterocycles. The second kappa shape index (κ2) is 16.8. The number of aryl methyl sites for hydroxylation is 1. The van der Waals surface area contributed by atoms with Gasteiger partial charge in [0.15, 0.2) is 11.5 Å². The van der Waals surface area contributed by atoms with Crippen molar-refractivity contribution in [3.63, 3.8) is 0 Å². The third kappa shape index (κ3) is 9.08. The van der Waals surface area contributed by atoms with Crippen LogP contribution in [0.5, 0.6) is 17.2 Å². The van der Waals surface area contributed by atoms with Crippen LogP contribution in [0.2, 0.25) is 0 Å². The molecule has 2 atom stereocenters. The lowest BCUT2D eigenvalue weighted by molar-refractivity contribution is -0.154. The number of ether oxygens (including phenoxy) is 5. The highest BCUT2D eigenvalue weighted by molar-refractivity contribution is 6.38. The number of ketones is 1. The molecule has 1 saturated heterocycles. The topological polar surface area (TPSA) is 95.6 Å². The van der Waals surface area contributed by atoms with Crippen LogP contribution in [-0.4, -0.2) is 76.5 Å². The Morgan fingerprint density at radius 1 is 1.09 bits per heavy atom. The van der Waals surface area contributed by atoms with Gasteiger partial charge in [-0.25, -0.2) is 0 Å². The summed E-state index contributed by atoms with van der Waals surface area (Å²) >= 11 is 0. The first kappa shape index (κ1) is 34.5. The van der Waals surface area contributed by atoms with Crippen LogP contribution in [0.15, 0.2) is 49.1 Å². The van der Waals surface area contributed by atoms with Crippen molar-refractivity contribution >= 4 is 11.7 Å². The third-order valence-electron chi connectivity index (χ3n) is 8.85. The van der Waals surface area contributed by atoms with Crippen molar-refractivity contribution in [2.24, 2.45) is 5.41 Å². The molecule has 9 heteroatoms. The van der Waals surface area contributed by atoms with Crippen LogP contribution in [0.4, 0.5) is 0 Å². The summed E-state index contributed by atoms with van der Waals surface area (Å²) in [4.78, 5) is 28.9. The molecule has 2 aliphatic heterocycles. The van der Waals surface area contributed by atoms with Gasteiger partial charge in [0.05, 0.1) is 33.0 Å². The SMILES string of the molecule is C=CCNCCOc1cccc(C2CCc3ccc(OC)c(OC)c3CCC(C)(C)C(=O)C(=O)N3CCCCC3COCO2)c1. The van der Waals surface area contributed by atoms with E-state index < -0.39 is 11.3 Å². The summed E-state index contributed by atoms with van der Waals surface area (Å²) in [6, 6.07) is 11.8. The lowest BCUT2D eigenvalue weighted by Gasteiger charge is -2.37. The van der Waals surface area contributed by atoms with E-state index in [0.717, 1.165) is 54.8 Å². The predicted octanol–water partition coefficient (Wildman–Crippen LogP) is 5.45. The van der Waals surface area contributed by atoms with Gasteiger partial charge < -0.3 is 33.9 Å². The Hall–Kier alpha value is -3.40. The number of piperidine rings is 1. The molecule has 2 aromatic carbocycles. The van der Waals surface area contributed by atoms with Crippen LogP contribution in [0.25, 0.3) is 0 Å². The van der Waals surface area contributed by atoms with Crippen molar-refractivity contribution in [1.82, 2.24) is 10.2 Å². The third-order valence-corrected chi connectivity index (χ3v) is 8.85. The van der Waals surface area contributed by atoms with Crippen molar-refractivity contribution in [1.29, 1.82) is 0 Å². The number of carbonyl (C=O) groups excluding carboxylic acids is 2. The van der Waals surface area contributed by atoms with E-state index in [-0.39, 0.29) is 24.7 Å². The number of hydrogen-bond donors (Lipinski definition) is 1. The number of amides is 1. The van der Waals surface area contributed by atoms with Crippen LogP contribution >= 0.6 is 0 Å².